The lowest BCUT2D eigenvalue weighted by Crippen LogP contribution is -2.39. The Labute approximate surface area is 147 Å². The van der Waals surface area contributed by atoms with Crippen molar-refractivity contribution in [1.29, 1.82) is 0 Å². The van der Waals surface area contributed by atoms with E-state index in [1.807, 2.05) is 0 Å². The van der Waals surface area contributed by atoms with E-state index in [0.29, 0.717) is 0 Å². The molecule has 0 bridgehead atoms. The number of fused-ring (bicyclic) bond motifs is 1. The first-order valence-electron chi connectivity index (χ1n) is 10.2. The lowest BCUT2D eigenvalue weighted by atomic mass is 9.81. The predicted octanol–water partition coefficient (Wildman–Crippen LogP) is 3.83. The summed E-state index contributed by atoms with van der Waals surface area (Å²) in [6.45, 7) is 6.28. The lowest BCUT2D eigenvalue weighted by molar-refractivity contribution is 0.164. The molecule has 132 valence electrons. The summed E-state index contributed by atoms with van der Waals surface area (Å²) in [6, 6.07) is 9.71. The molecule has 2 fully saturated rings. The number of nitrogens with one attached hydrogen (secondary N) is 2. The molecule has 3 aliphatic rings. The normalized spacial score (nSPS) is 29.0. The van der Waals surface area contributed by atoms with Crippen molar-refractivity contribution in [2.45, 2.75) is 56.9 Å². The minimum absolute atomic E-state index is 0.742. The molecule has 0 saturated carbocycles. The van der Waals surface area contributed by atoms with E-state index in [2.05, 4.69) is 39.8 Å². The number of para-hydroxylation sites is 1. The van der Waals surface area contributed by atoms with Gasteiger partial charge in [-0.2, -0.15) is 0 Å². The number of piperidine rings is 1. The van der Waals surface area contributed by atoms with Crippen LogP contribution < -0.4 is 10.6 Å². The number of hydrogen-bond acceptors (Lipinski definition) is 3. The molecule has 0 aliphatic carbocycles. The fraction of sp³-hybridized carbons (Fsp3) is 0.714. The Balaban J connectivity index is 1.24. The molecule has 3 heteroatoms. The van der Waals surface area contributed by atoms with Gasteiger partial charge in [0.1, 0.15) is 0 Å². The molecule has 24 heavy (non-hydrogen) atoms. The molecule has 3 heterocycles. The zero-order valence-corrected chi connectivity index (χ0v) is 15.0. The van der Waals surface area contributed by atoms with E-state index in [0.717, 1.165) is 24.4 Å². The first kappa shape index (κ1) is 16.4. The van der Waals surface area contributed by atoms with Crippen molar-refractivity contribution in [2.75, 3.05) is 38.0 Å². The van der Waals surface area contributed by atoms with Crippen molar-refractivity contribution in [3.63, 3.8) is 0 Å². The monoisotopic (exact) mass is 327 g/mol. The average molecular weight is 328 g/mol. The van der Waals surface area contributed by atoms with E-state index < -0.39 is 0 Å². The van der Waals surface area contributed by atoms with Crippen LogP contribution in [0, 0.1) is 5.92 Å². The van der Waals surface area contributed by atoms with Gasteiger partial charge >= 0.3 is 0 Å². The van der Waals surface area contributed by atoms with Gasteiger partial charge < -0.3 is 15.5 Å². The zero-order chi connectivity index (χ0) is 16.2. The van der Waals surface area contributed by atoms with Crippen molar-refractivity contribution in [2.24, 2.45) is 5.92 Å². The Morgan fingerprint density at radius 2 is 1.88 bits per heavy atom. The lowest BCUT2D eigenvalue weighted by Gasteiger charge is -2.35. The van der Waals surface area contributed by atoms with Crippen LogP contribution in [-0.2, 0) is 0 Å². The van der Waals surface area contributed by atoms with Crippen LogP contribution >= 0.6 is 0 Å². The predicted molar refractivity (Wildman–Crippen MR) is 102 cm³/mol. The highest BCUT2D eigenvalue weighted by atomic mass is 15.1. The Hall–Kier alpha value is -1.06. The molecule has 1 aromatic rings. The summed E-state index contributed by atoms with van der Waals surface area (Å²) < 4.78 is 0. The van der Waals surface area contributed by atoms with Gasteiger partial charge in [-0.25, -0.2) is 0 Å². The summed E-state index contributed by atoms with van der Waals surface area (Å²) in [5.41, 5.74) is 2.95. The van der Waals surface area contributed by atoms with Gasteiger partial charge in [0.15, 0.2) is 0 Å². The Morgan fingerprint density at radius 3 is 2.79 bits per heavy atom. The van der Waals surface area contributed by atoms with Gasteiger partial charge in [-0.15, -0.1) is 0 Å². The SMILES string of the molecule is c1ccc2c(c1)NCC2C1CCN(CCC2CCCCCN2)CC1. The van der Waals surface area contributed by atoms with Crippen LogP contribution in [0.5, 0.6) is 0 Å². The van der Waals surface area contributed by atoms with Crippen LogP contribution in [0.3, 0.4) is 0 Å². The topological polar surface area (TPSA) is 27.3 Å². The molecular weight excluding hydrogens is 294 g/mol. The Bertz CT molecular complexity index is 514. The average Bonchev–Trinajstić information content (AvgIpc) is 2.88. The second-order valence-electron chi connectivity index (χ2n) is 8.04. The van der Waals surface area contributed by atoms with Crippen LogP contribution in [-0.4, -0.2) is 43.7 Å². The molecule has 1 aromatic carbocycles. The van der Waals surface area contributed by atoms with Crippen molar-refractivity contribution in [3.8, 4) is 0 Å². The number of nitrogens with zero attached hydrogens (tertiary/aromatic N) is 1. The van der Waals surface area contributed by atoms with Crippen molar-refractivity contribution >= 4 is 5.69 Å². The molecule has 0 aromatic heterocycles. The summed E-state index contributed by atoms with van der Waals surface area (Å²) in [6.07, 6.45) is 9.70. The van der Waals surface area contributed by atoms with Crippen LogP contribution in [0.1, 0.15) is 56.4 Å². The maximum absolute atomic E-state index is 3.75. The van der Waals surface area contributed by atoms with E-state index in [1.54, 1.807) is 5.56 Å². The molecule has 2 saturated heterocycles. The van der Waals surface area contributed by atoms with Crippen LogP contribution in [0.2, 0.25) is 0 Å². The minimum atomic E-state index is 0.742. The third-order valence-electron chi connectivity index (χ3n) is 6.53. The highest BCUT2D eigenvalue weighted by Gasteiger charge is 2.32. The van der Waals surface area contributed by atoms with E-state index in [-0.39, 0.29) is 0 Å². The van der Waals surface area contributed by atoms with Crippen molar-refractivity contribution < 1.29 is 0 Å². The highest BCUT2D eigenvalue weighted by molar-refractivity contribution is 5.57. The minimum Gasteiger partial charge on any atom is -0.384 e. The number of benzene rings is 1. The molecule has 0 radical (unpaired) electrons. The maximum Gasteiger partial charge on any atom is 0.0376 e. The molecule has 3 nitrogen and oxygen atoms in total. The number of rotatable bonds is 4. The van der Waals surface area contributed by atoms with Gasteiger partial charge in [0.2, 0.25) is 0 Å². The quantitative estimate of drug-likeness (QED) is 0.880. The number of likely N-dealkylation sites (tertiary alicyclic amines) is 1. The van der Waals surface area contributed by atoms with Gasteiger partial charge in [-0.05, 0) is 75.8 Å². The van der Waals surface area contributed by atoms with E-state index >= 15 is 0 Å². The maximum atomic E-state index is 3.75. The molecule has 2 atom stereocenters. The summed E-state index contributed by atoms with van der Waals surface area (Å²) in [5, 5.41) is 7.36. The van der Waals surface area contributed by atoms with E-state index in [9.17, 15) is 0 Å². The summed E-state index contributed by atoms with van der Waals surface area (Å²) in [7, 11) is 0. The fourth-order valence-electron chi connectivity index (χ4n) is 5.00. The van der Waals surface area contributed by atoms with E-state index in [1.165, 1.54) is 76.8 Å². The van der Waals surface area contributed by atoms with Gasteiger partial charge in [-0.3, -0.25) is 0 Å². The van der Waals surface area contributed by atoms with Crippen LogP contribution in [0.4, 0.5) is 5.69 Å². The fourth-order valence-corrected chi connectivity index (χ4v) is 5.00. The van der Waals surface area contributed by atoms with Gasteiger partial charge in [0, 0.05) is 24.2 Å². The zero-order valence-electron chi connectivity index (χ0n) is 15.0. The third kappa shape index (κ3) is 3.78. The second-order valence-corrected chi connectivity index (χ2v) is 8.04. The molecule has 3 aliphatic heterocycles. The van der Waals surface area contributed by atoms with Gasteiger partial charge in [-0.1, -0.05) is 31.0 Å². The standard InChI is InChI=1S/C21H33N3/c1-2-6-18(22-12-5-1)11-15-24-13-9-17(10-14-24)20-16-23-21-8-4-3-7-19(20)21/h3-4,7-8,17-18,20,22-23H,1-2,5-6,9-16H2. The van der Waals surface area contributed by atoms with Gasteiger partial charge in [0.05, 0.1) is 0 Å². The molecule has 2 unspecified atom stereocenters. The summed E-state index contributed by atoms with van der Waals surface area (Å²) in [4.78, 5) is 2.72. The summed E-state index contributed by atoms with van der Waals surface area (Å²) >= 11 is 0. The van der Waals surface area contributed by atoms with Crippen LogP contribution in [0.25, 0.3) is 0 Å². The largest absolute Gasteiger partial charge is 0.384 e. The van der Waals surface area contributed by atoms with Gasteiger partial charge in [0.25, 0.3) is 0 Å². The molecule has 2 N–H and O–H groups in total. The smallest absolute Gasteiger partial charge is 0.0376 e. The van der Waals surface area contributed by atoms with Crippen molar-refractivity contribution in [3.05, 3.63) is 29.8 Å². The third-order valence-corrected chi connectivity index (χ3v) is 6.53. The first-order chi connectivity index (χ1) is 11.9. The van der Waals surface area contributed by atoms with E-state index in [4.69, 9.17) is 0 Å². The Kier molecular flexibility index (Phi) is 5.39. The highest BCUT2D eigenvalue weighted by Crippen LogP contribution is 2.40. The number of anilines is 1. The summed E-state index contributed by atoms with van der Waals surface area (Å²) in [5.74, 6) is 1.61. The molecule has 0 amide bonds. The van der Waals surface area contributed by atoms with Crippen LogP contribution in [0.15, 0.2) is 24.3 Å². The second kappa shape index (κ2) is 7.88. The molecule has 0 spiro atoms. The molecule has 4 rings (SSSR count). The van der Waals surface area contributed by atoms with Crippen molar-refractivity contribution in [1.82, 2.24) is 10.2 Å². The number of hydrogen-bond donors (Lipinski definition) is 2. The molecular formula is C21H33N3. The first-order valence-corrected chi connectivity index (χ1v) is 10.2. The Morgan fingerprint density at radius 1 is 1.00 bits per heavy atom.